The summed E-state index contributed by atoms with van der Waals surface area (Å²) < 4.78 is 9.41. The van der Waals surface area contributed by atoms with E-state index in [1.54, 1.807) is 30.4 Å². The minimum absolute atomic E-state index is 0.0836. The number of hydrogen-bond acceptors (Lipinski definition) is 5. The zero-order chi connectivity index (χ0) is 13.5. The number of ether oxygens (including phenoxy) is 2. The fraction of sp³-hybridized carbons (Fsp3) is 0.154. The first-order valence-electron chi connectivity index (χ1n) is 5.17. The van der Waals surface area contributed by atoms with Gasteiger partial charge < -0.3 is 20.3 Å². The van der Waals surface area contributed by atoms with Gasteiger partial charge in [0, 0.05) is 6.08 Å². The van der Waals surface area contributed by atoms with Crippen molar-refractivity contribution in [2.45, 2.75) is 0 Å². The minimum Gasteiger partial charge on any atom is -0.503 e. The number of nitrogens with two attached hydrogens (primary N) is 1. The molecule has 18 heavy (non-hydrogen) atoms. The van der Waals surface area contributed by atoms with Crippen LogP contribution < -0.4 is 10.5 Å². The predicted molar refractivity (Wildman–Crippen MR) is 69.3 cm³/mol. The van der Waals surface area contributed by atoms with Crippen LogP contribution in [0.15, 0.2) is 30.4 Å². The maximum absolute atomic E-state index is 10.8. The first-order valence-corrected chi connectivity index (χ1v) is 5.17. The smallest absolute Gasteiger partial charge is 0.330 e. The highest BCUT2D eigenvalue weighted by atomic mass is 16.5. The molecule has 0 aliphatic heterocycles. The summed E-state index contributed by atoms with van der Waals surface area (Å²) in [6.45, 7) is 0. The molecule has 3 N–H and O–H groups in total. The number of hydrogen-bond donors (Lipinski definition) is 2. The summed E-state index contributed by atoms with van der Waals surface area (Å²) in [4.78, 5) is 10.8. The Bertz CT molecular complexity index is 492. The highest BCUT2D eigenvalue weighted by molar-refractivity contribution is 5.82. The molecule has 0 radical (unpaired) electrons. The van der Waals surface area contributed by atoms with Gasteiger partial charge in [0.25, 0.3) is 0 Å². The fourth-order valence-electron chi connectivity index (χ4n) is 1.27. The summed E-state index contributed by atoms with van der Waals surface area (Å²) in [6, 6.07) is 3.23. The second-order valence-corrected chi connectivity index (χ2v) is 3.40. The van der Waals surface area contributed by atoms with Crippen molar-refractivity contribution in [3.05, 3.63) is 35.9 Å². The molecule has 0 aliphatic rings. The number of esters is 1. The van der Waals surface area contributed by atoms with Crippen molar-refractivity contribution in [1.29, 1.82) is 0 Å². The lowest BCUT2D eigenvalue weighted by Gasteiger charge is -2.06. The summed E-state index contributed by atoms with van der Waals surface area (Å²) in [5.41, 5.74) is 6.59. The molecule has 1 aromatic carbocycles. The number of phenols is 1. The van der Waals surface area contributed by atoms with Crippen molar-refractivity contribution in [3.8, 4) is 11.5 Å². The highest BCUT2D eigenvalue weighted by Gasteiger charge is 2.06. The van der Waals surface area contributed by atoms with Crippen molar-refractivity contribution < 1.29 is 19.4 Å². The third-order valence-corrected chi connectivity index (χ3v) is 2.18. The van der Waals surface area contributed by atoms with Gasteiger partial charge in [-0.2, -0.15) is 0 Å². The Kier molecular flexibility index (Phi) is 4.80. The highest BCUT2D eigenvalue weighted by Crippen LogP contribution is 2.33. The number of allylic oxidation sites excluding steroid dienone is 2. The molecule has 0 heterocycles. The fourth-order valence-corrected chi connectivity index (χ4v) is 1.27. The molecular weight excluding hydrogens is 234 g/mol. The number of carbonyl (C=O) groups excluding carboxylic acids is 1. The van der Waals surface area contributed by atoms with Crippen molar-refractivity contribution >= 4 is 17.7 Å². The van der Waals surface area contributed by atoms with Gasteiger partial charge in [0.2, 0.25) is 0 Å². The number of phenolic OH excluding ortho intramolecular Hbond substituents is 1. The number of rotatable bonds is 4. The molecule has 0 aromatic heterocycles. The quantitative estimate of drug-likeness (QED) is 0.279. The van der Waals surface area contributed by atoms with Crippen molar-refractivity contribution in [3.63, 3.8) is 0 Å². The lowest BCUT2D eigenvalue weighted by atomic mass is 10.1. The summed E-state index contributed by atoms with van der Waals surface area (Å²) in [6.07, 6.45) is 6.21. The molecule has 0 saturated heterocycles. The Morgan fingerprint density at radius 3 is 2.67 bits per heavy atom. The summed E-state index contributed by atoms with van der Waals surface area (Å²) in [7, 11) is 2.75. The van der Waals surface area contributed by atoms with Crippen LogP contribution in [0.3, 0.4) is 0 Å². The summed E-state index contributed by atoms with van der Waals surface area (Å²) in [5.74, 6) is -0.214. The Morgan fingerprint density at radius 2 is 2.06 bits per heavy atom. The number of benzene rings is 1. The van der Waals surface area contributed by atoms with Crippen molar-refractivity contribution in [2.75, 3.05) is 20.0 Å². The SMILES string of the molecule is COC(=O)/C=C/C=C/c1cc(N)c(O)c(OC)c1. The van der Waals surface area contributed by atoms with E-state index < -0.39 is 5.97 Å². The Hall–Kier alpha value is -2.43. The van der Waals surface area contributed by atoms with Crippen LogP contribution in [0.4, 0.5) is 5.69 Å². The number of carbonyl (C=O) groups is 1. The third-order valence-electron chi connectivity index (χ3n) is 2.18. The minimum atomic E-state index is -0.428. The van der Waals surface area contributed by atoms with Gasteiger partial charge in [0.15, 0.2) is 11.5 Å². The van der Waals surface area contributed by atoms with Gasteiger partial charge in [-0.15, -0.1) is 0 Å². The first kappa shape index (κ1) is 13.6. The van der Waals surface area contributed by atoms with E-state index in [1.807, 2.05) is 0 Å². The Morgan fingerprint density at radius 1 is 1.33 bits per heavy atom. The second-order valence-electron chi connectivity index (χ2n) is 3.40. The molecule has 0 fully saturated rings. The van der Waals surface area contributed by atoms with Crippen LogP contribution >= 0.6 is 0 Å². The molecule has 0 spiro atoms. The van der Waals surface area contributed by atoms with Gasteiger partial charge >= 0.3 is 5.97 Å². The summed E-state index contributed by atoms with van der Waals surface area (Å²) >= 11 is 0. The standard InChI is InChI=1S/C13H15NO4/c1-17-11-8-9(7-10(14)13(11)16)5-3-4-6-12(15)18-2/h3-8,16H,14H2,1-2H3/b5-3+,6-4+. The molecule has 0 amide bonds. The zero-order valence-electron chi connectivity index (χ0n) is 10.2. The van der Waals surface area contributed by atoms with Crippen molar-refractivity contribution in [1.82, 2.24) is 0 Å². The van der Waals surface area contributed by atoms with Crippen LogP contribution in [-0.2, 0) is 9.53 Å². The van der Waals surface area contributed by atoms with Crippen LogP contribution in [0.25, 0.3) is 6.08 Å². The number of nitrogen functional groups attached to an aromatic ring is 1. The maximum atomic E-state index is 10.8. The molecule has 0 atom stereocenters. The lowest BCUT2D eigenvalue weighted by Crippen LogP contribution is -1.92. The first-order chi connectivity index (χ1) is 8.58. The lowest BCUT2D eigenvalue weighted by molar-refractivity contribution is -0.134. The average molecular weight is 249 g/mol. The Labute approximate surface area is 105 Å². The van der Waals surface area contributed by atoms with Crippen LogP contribution in [0, 0.1) is 0 Å². The summed E-state index contributed by atoms with van der Waals surface area (Å²) in [5, 5.41) is 9.55. The molecule has 1 aromatic rings. The number of methoxy groups -OCH3 is 2. The van der Waals surface area contributed by atoms with Gasteiger partial charge in [0.1, 0.15) is 0 Å². The molecule has 0 unspecified atom stereocenters. The van der Waals surface area contributed by atoms with Gasteiger partial charge in [-0.3, -0.25) is 0 Å². The predicted octanol–water partition coefficient (Wildman–Crippen LogP) is 1.73. The monoisotopic (exact) mass is 249 g/mol. The van der Waals surface area contributed by atoms with Crippen molar-refractivity contribution in [2.24, 2.45) is 0 Å². The van der Waals surface area contributed by atoms with Gasteiger partial charge in [-0.1, -0.05) is 18.2 Å². The molecule has 1 rings (SSSR count). The van der Waals surface area contributed by atoms with E-state index in [2.05, 4.69) is 4.74 Å². The van der Waals surface area contributed by atoms with E-state index in [-0.39, 0.29) is 11.4 Å². The van der Waals surface area contributed by atoms with Crippen LogP contribution in [0.5, 0.6) is 11.5 Å². The second kappa shape index (κ2) is 6.34. The van der Waals surface area contributed by atoms with Gasteiger partial charge in [-0.25, -0.2) is 4.79 Å². The van der Waals surface area contributed by atoms with Crippen LogP contribution in [0.2, 0.25) is 0 Å². The van der Waals surface area contributed by atoms with E-state index in [1.165, 1.54) is 20.3 Å². The molecule has 0 saturated carbocycles. The molecule has 0 bridgehead atoms. The number of anilines is 1. The van der Waals surface area contributed by atoms with Crippen LogP contribution in [0.1, 0.15) is 5.56 Å². The van der Waals surface area contributed by atoms with E-state index in [0.29, 0.717) is 5.75 Å². The van der Waals surface area contributed by atoms with Gasteiger partial charge in [0.05, 0.1) is 19.9 Å². The zero-order valence-corrected chi connectivity index (χ0v) is 10.2. The maximum Gasteiger partial charge on any atom is 0.330 e. The molecular formula is C13H15NO4. The normalized spacial score (nSPS) is 11.0. The van der Waals surface area contributed by atoms with E-state index in [9.17, 15) is 9.90 Å². The van der Waals surface area contributed by atoms with E-state index >= 15 is 0 Å². The Balaban J connectivity index is 2.85. The van der Waals surface area contributed by atoms with Gasteiger partial charge in [-0.05, 0) is 17.7 Å². The molecule has 5 heteroatoms. The largest absolute Gasteiger partial charge is 0.503 e. The molecule has 96 valence electrons. The van der Waals surface area contributed by atoms with E-state index in [0.717, 1.165) is 5.56 Å². The molecule has 5 nitrogen and oxygen atoms in total. The van der Waals surface area contributed by atoms with E-state index in [4.69, 9.17) is 10.5 Å². The molecule has 0 aliphatic carbocycles. The average Bonchev–Trinajstić information content (AvgIpc) is 2.38. The van der Waals surface area contributed by atoms with Crippen LogP contribution in [-0.4, -0.2) is 25.3 Å². The number of aromatic hydroxyl groups is 1. The third kappa shape index (κ3) is 3.55. The topological polar surface area (TPSA) is 81.8 Å².